The summed E-state index contributed by atoms with van der Waals surface area (Å²) in [6.07, 6.45) is 0. The fourth-order valence-electron chi connectivity index (χ4n) is 2.12. The molecule has 0 saturated carbocycles. The van der Waals surface area contributed by atoms with E-state index in [9.17, 15) is 4.79 Å². The van der Waals surface area contributed by atoms with E-state index in [1.54, 1.807) is 20.8 Å². The van der Waals surface area contributed by atoms with Gasteiger partial charge in [-0.1, -0.05) is 29.8 Å². The number of hydrogen-bond donors (Lipinski definition) is 1. The van der Waals surface area contributed by atoms with Gasteiger partial charge in [-0.3, -0.25) is 0 Å². The Hall–Kier alpha value is -1.91. The van der Waals surface area contributed by atoms with Crippen molar-refractivity contribution in [1.29, 1.82) is 0 Å². The first kappa shape index (κ1) is 21.1. The molecule has 0 spiro atoms. The van der Waals surface area contributed by atoms with Gasteiger partial charge in [0, 0.05) is 17.3 Å². The molecule has 0 bridgehead atoms. The van der Waals surface area contributed by atoms with E-state index in [1.165, 1.54) is 0 Å². The fraction of sp³-hybridized carbons (Fsp3) is 0.316. The van der Waals surface area contributed by atoms with Gasteiger partial charge in [0.2, 0.25) is 0 Å². The van der Waals surface area contributed by atoms with Gasteiger partial charge in [-0.05, 0) is 56.7 Å². The van der Waals surface area contributed by atoms with E-state index < -0.39 is 5.60 Å². The van der Waals surface area contributed by atoms with Gasteiger partial charge < -0.3 is 14.8 Å². The Morgan fingerprint density at radius 2 is 1.84 bits per heavy atom. The molecule has 25 heavy (non-hydrogen) atoms. The predicted molar refractivity (Wildman–Crippen MR) is 104 cm³/mol. The number of hydrogen-bond acceptors (Lipinski definition) is 4. The number of esters is 1. The van der Waals surface area contributed by atoms with Crippen molar-refractivity contribution in [1.82, 2.24) is 0 Å². The number of anilines is 1. The molecular weight excluding hydrogens is 361 g/mol. The van der Waals surface area contributed by atoms with Crippen molar-refractivity contribution in [3.05, 3.63) is 59.1 Å². The average Bonchev–Trinajstić information content (AvgIpc) is 2.54. The Labute approximate surface area is 159 Å². The summed E-state index contributed by atoms with van der Waals surface area (Å²) < 4.78 is 10.8. The van der Waals surface area contributed by atoms with Gasteiger partial charge >= 0.3 is 5.97 Å². The molecule has 0 aliphatic heterocycles. The van der Waals surface area contributed by atoms with Crippen LogP contribution in [-0.2, 0) is 16.1 Å². The molecule has 6 heteroatoms. The molecule has 0 radical (unpaired) electrons. The Morgan fingerprint density at radius 3 is 2.44 bits per heavy atom. The first-order valence-corrected chi connectivity index (χ1v) is 8.23. The molecule has 0 amide bonds. The maximum Gasteiger partial charge on any atom is 0.349 e. The zero-order chi connectivity index (χ0) is 17.6. The lowest BCUT2D eigenvalue weighted by molar-refractivity contribution is -0.158. The molecule has 0 aromatic heterocycles. The van der Waals surface area contributed by atoms with Crippen LogP contribution < -0.4 is 10.1 Å². The summed E-state index contributed by atoms with van der Waals surface area (Å²) in [6.45, 7) is 6.16. The van der Waals surface area contributed by atoms with Crippen LogP contribution in [0.3, 0.4) is 0 Å². The summed E-state index contributed by atoms with van der Waals surface area (Å²) >= 11 is 5.96. The zero-order valence-electron chi connectivity index (χ0n) is 14.5. The van der Waals surface area contributed by atoms with Crippen LogP contribution in [0.1, 0.15) is 26.3 Å². The molecule has 0 fully saturated rings. The normalized spacial score (nSPS) is 10.6. The van der Waals surface area contributed by atoms with E-state index in [4.69, 9.17) is 21.1 Å². The van der Waals surface area contributed by atoms with E-state index in [0.29, 0.717) is 23.9 Å². The molecule has 2 aromatic carbocycles. The molecule has 0 heterocycles. The Kier molecular flexibility index (Phi) is 8.07. The van der Waals surface area contributed by atoms with Crippen LogP contribution in [0.2, 0.25) is 5.02 Å². The third-order valence-corrected chi connectivity index (χ3v) is 3.62. The summed E-state index contributed by atoms with van der Waals surface area (Å²) in [6, 6.07) is 15.2. The largest absolute Gasteiger partial charge is 0.476 e. The molecule has 0 unspecified atom stereocenters. The lowest BCUT2D eigenvalue weighted by Crippen LogP contribution is -2.39. The van der Waals surface area contributed by atoms with Crippen molar-refractivity contribution in [2.24, 2.45) is 0 Å². The second-order valence-electron chi connectivity index (χ2n) is 5.84. The second kappa shape index (κ2) is 9.54. The molecule has 2 aromatic rings. The minimum absolute atomic E-state index is 0. The van der Waals surface area contributed by atoms with Gasteiger partial charge in [-0.15, -0.1) is 12.4 Å². The summed E-state index contributed by atoms with van der Waals surface area (Å²) in [5, 5.41) is 4.00. The fourth-order valence-corrected chi connectivity index (χ4v) is 2.31. The van der Waals surface area contributed by atoms with Crippen LogP contribution >= 0.6 is 24.0 Å². The monoisotopic (exact) mass is 383 g/mol. The first-order valence-electron chi connectivity index (χ1n) is 7.85. The predicted octanol–water partition coefficient (Wildman–Crippen LogP) is 5.09. The Balaban J connectivity index is 0.00000312. The standard InChI is InChI=1S/C19H22ClNO3.ClH/c1-4-23-18(22)19(2,3)24-17-10-8-14(9-11-17)13-21-16-7-5-6-15(20)12-16;/h5-12,21H,4,13H2,1-3H3;1H. The van der Waals surface area contributed by atoms with Gasteiger partial charge in [-0.2, -0.15) is 0 Å². The van der Waals surface area contributed by atoms with E-state index in [0.717, 1.165) is 11.3 Å². The molecule has 0 atom stereocenters. The third-order valence-electron chi connectivity index (χ3n) is 3.38. The topological polar surface area (TPSA) is 47.6 Å². The van der Waals surface area contributed by atoms with Crippen LogP contribution in [0.4, 0.5) is 5.69 Å². The van der Waals surface area contributed by atoms with Gasteiger partial charge in [0.05, 0.1) is 6.61 Å². The number of halogens is 2. The summed E-state index contributed by atoms with van der Waals surface area (Å²) in [5.74, 6) is 0.247. The molecular formula is C19H23Cl2NO3. The van der Waals surface area contributed by atoms with Crippen molar-refractivity contribution in [3.8, 4) is 5.75 Å². The lowest BCUT2D eigenvalue weighted by atomic mass is 10.1. The number of ether oxygens (including phenoxy) is 2. The van der Waals surface area contributed by atoms with Gasteiger partial charge in [0.1, 0.15) is 5.75 Å². The van der Waals surface area contributed by atoms with Gasteiger partial charge in [-0.25, -0.2) is 4.79 Å². The first-order chi connectivity index (χ1) is 11.4. The highest BCUT2D eigenvalue weighted by Crippen LogP contribution is 2.21. The maximum absolute atomic E-state index is 11.9. The highest BCUT2D eigenvalue weighted by molar-refractivity contribution is 6.30. The second-order valence-corrected chi connectivity index (χ2v) is 6.28. The van der Waals surface area contributed by atoms with Gasteiger partial charge in [0.15, 0.2) is 5.60 Å². The van der Waals surface area contributed by atoms with Crippen molar-refractivity contribution >= 4 is 35.7 Å². The van der Waals surface area contributed by atoms with Crippen molar-refractivity contribution < 1.29 is 14.3 Å². The maximum atomic E-state index is 11.9. The molecule has 0 saturated heterocycles. The van der Waals surface area contributed by atoms with Crippen LogP contribution in [0.25, 0.3) is 0 Å². The van der Waals surface area contributed by atoms with Crippen LogP contribution in [0, 0.1) is 0 Å². The van der Waals surface area contributed by atoms with Crippen LogP contribution in [0.5, 0.6) is 5.75 Å². The Bertz CT molecular complexity index is 687. The number of rotatable bonds is 7. The molecule has 1 N–H and O–H groups in total. The molecule has 136 valence electrons. The van der Waals surface area contributed by atoms with Crippen molar-refractivity contribution in [3.63, 3.8) is 0 Å². The van der Waals surface area contributed by atoms with Gasteiger partial charge in [0.25, 0.3) is 0 Å². The smallest absolute Gasteiger partial charge is 0.349 e. The van der Waals surface area contributed by atoms with E-state index in [-0.39, 0.29) is 18.4 Å². The highest BCUT2D eigenvalue weighted by atomic mass is 35.5. The quantitative estimate of drug-likeness (QED) is 0.676. The zero-order valence-corrected chi connectivity index (χ0v) is 16.1. The van der Waals surface area contributed by atoms with Crippen LogP contribution in [0.15, 0.2) is 48.5 Å². The highest BCUT2D eigenvalue weighted by Gasteiger charge is 2.31. The number of benzene rings is 2. The van der Waals surface area contributed by atoms with Crippen LogP contribution in [-0.4, -0.2) is 18.2 Å². The lowest BCUT2D eigenvalue weighted by Gasteiger charge is -2.24. The summed E-state index contributed by atoms with van der Waals surface area (Å²) in [7, 11) is 0. The number of carbonyl (C=O) groups excluding carboxylic acids is 1. The summed E-state index contributed by atoms with van der Waals surface area (Å²) in [5.41, 5.74) is 1.04. The number of nitrogens with one attached hydrogen (secondary N) is 1. The van der Waals surface area contributed by atoms with E-state index in [1.807, 2.05) is 48.5 Å². The van der Waals surface area contributed by atoms with Crippen molar-refractivity contribution in [2.75, 3.05) is 11.9 Å². The molecule has 2 rings (SSSR count). The molecule has 4 nitrogen and oxygen atoms in total. The minimum atomic E-state index is -1.02. The Morgan fingerprint density at radius 1 is 1.16 bits per heavy atom. The van der Waals surface area contributed by atoms with E-state index in [2.05, 4.69) is 5.32 Å². The molecule has 0 aliphatic carbocycles. The number of carbonyl (C=O) groups is 1. The van der Waals surface area contributed by atoms with E-state index >= 15 is 0 Å². The third kappa shape index (κ3) is 6.48. The SMILES string of the molecule is CCOC(=O)C(C)(C)Oc1ccc(CNc2cccc(Cl)c2)cc1.Cl. The minimum Gasteiger partial charge on any atom is -0.476 e. The van der Waals surface area contributed by atoms with Crippen molar-refractivity contribution in [2.45, 2.75) is 32.9 Å². The molecule has 0 aliphatic rings. The average molecular weight is 384 g/mol. The summed E-state index contributed by atoms with van der Waals surface area (Å²) in [4.78, 5) is 11.9.